The lowest BCUT2D eigenvalue weighted by Crippen LogP contribution is -1.88. The lowest BCUT2D eigenvalue weighted by Gasteiger charge is -2.01. The Labute approximate surface area is 83.7 Å². The standard InChI is InChI=1S/C10H7BrFN/c1-6-8(11)5-7-3-2-4-9(12)10(7)13-6/h2-5H,1H3. The number of pyridine rings is 1. The highest BCUT2D eigenvalue weighted by molar-refractivity contribution is 9.10. The number of halogens is 2. The zero-order valence-electron chi connectivity index (χ0n) is 7.01. The zero-order chi connectivity index (χ0) is 9.42. The van der Waals surface area contributed by atoms with Gasteiger partial charge in [-0.2, -0.15) is 0 Å². The van der Waals surface area contributed by atoms with Crippen LogP contribution >= 0.6 is 15.9 Å². The van der Waals surface area contributed by atoms with Gasteiger partial charge in [-0.3, -0.25) is 0 Å². The molecule has 0 bridgehead atoms. The molecule has 13 heavy (non-hydrogen) atoms. The van der Waals surface area contributed by atoms with E-state index in [0.29, 0.717) is 5.52 Å². The number of benzene rings is 1. The molecule has 0 saturated heterocycles. The van der Waals surface area contributed by atoms with Gasteiger partial charge in [0.25, 0.3) is 0 Å². The molecule has 0 aliphatic heterocycles. The Morgan fingerprint density at radius 1 is 1.38 bits per heavy atom. The molecule has 1 aromatic heterocycles. The van der Waals surface area contributed by atoms with Crippen LogP contribution in [0.3, 0.4) is 0 Å². The van der Waals surface area contributed by atoms with Gasteiger partial charge in [-0.05, 0) is 35.0 Å². The predicted octanol–water partition coefficient (Wildman–Crippen LogP) is 3.44. The highest BCUT2D eigenvalue weighted by atomic mass is 79.9. The molecule has 0 saturated carbocycles. The van der Waals surface area contributed by atoms with Crippen molar-refractivity contribution in [2.45, 2.75) is 6.92 Å². The zero-order valence-corrected chi connectivity index (χ0v) is 8.60. The second kappa shape index (κ2) is 3.07. The van der Waals surface area contributed by atoms with Crippen molar-refractivity contribution in [3.05, 3.63) is 40.2 Å². The summed E-state index contributed by atoms with van der Waals surface area (Å²) in [6.07, 6.45) is 0. The summed E-state index contributed by atoms with van der Waals surface area (Å²) in [4.78, 5) is 4.15. The number of hydrogen-bond acceptors (Lipinski definition) is 1. The van der Waals surface area contributed by atoms with Gasteiger partial charge < -0.3 is 0 Å². The molecule has 0 amide bonds. The van der Waals surface area contributed by atoms with Crippen molar-refractivity contribution in [2.24, 2.45) is 0 Å². The molecule has 0 N–H and O–H groups in total. The Balaban J connectivity index is 2.89. The SMILES string of the molecule is Cc1nc2c(F)cccc2cc1Br. The van der Waals surface area contributed by atoms with E-state index in [1.54, 1.807) is 6.07 Å². The molecule has 3 heteroatoms. The summed E-state index contributed by atoms with van der Waals surface area (Å²) in [5.74, 6) is -0.270. The van der Waals surface area contributed by atoms with Gasteiger partial charge in [0.15, 0.2) is 0 Å². The van der Waals surface area contributed by atoms with Crippen LogP contribution in [0.4, 0.5) is 4.39 Å². The molecule has 1 aromatic carbocycles. The molecular formula is C10H7BrFN. The maximum absolute atomic E-state index is 13.2. The monoisotopic (exact) mass is 239 g/mol. The maximum Gasteiger partial charge on any atom is 0.149 e. The third-order valence-corrected chi connectivity index (χ3v) is 2.73. The van der Waals surface area contributed by atoms with Crippen LogP contribution in [-0.2, 0) is 0 Å². The number of aromatic nitrogens is 1. The van der Waals surface area contributed by atoms with Crippen molar-refractivity contribution in [3.63, 3.8) is 0 Å². The molecule has 2 rings (SSSR count). The van der Waals surface area contributed by atoms with Crippen LogP contribution in [-0.4, -0.2) is 4.98 Å². The first kappa shape index (κ1) is 8.63. The van der Waals surface area contributed by atoms with Crippen molar-refractivity contribution in [1.29, 1.82) is 0 Å². The molecule has 0 fully saturated rings. The number of para-hydroxylation sites is 1. The Bertz CT molecular complexity index is 468. The van der Waals surface area contributed by atoms with E-state index < -0.39 is 0 Å². The second-order valence-corrected chi connectivity index (χ2v) is 3.72. The van der Waals surface area contributed by atoms with E-state index in [-0.39, 0.29) is 5.82 Å². The second-order valence-electron chi connectivity index (χ2n) is 2.87. The average Bonchev–Trinajstić information content (AvgIpc) is 2.09. The predicted molar refractivity (Wildman–Crippen MR) is 54.1 cm³/mol. The van der Waals surface area contributed by atoms with Crippen LogP contribution in [0.25, 0.3) is 10.9 Å². The van der Waals surface area contributed by atoms with Crippen molar-refractivity contribution < 1.29 is 4.39 Å². The van der Waals surface area contributed by atoms with E-state index in [2.05, 4.69) is 20.9 Å². The van der Waals surface area contributed by atoms with Crippen molar-refractivity contribution in [3.8, 4) is 0 Å². The lowest BCUT2D eigenvalue weighted by molar-refractivity contribution is 0.636. The van der Waals surface area contributed by atoms with Crippen LogP contribution in [0, 0.1) is 12.7 Å². The third kappa shape index (κ3) is 1.44. The van der Waals surface area contributed by atoms with Gasteiger partial charge in [0.05, 0.1) is 5.69 Å². The quantitative estimate of drug-likeness (QED) is 0.687. The minimum Gasteiger partial charge on any atom is -0.249 e. The summed E-state index contributed by atoms with van der Waals surface area (Å²) in [7, 11) is 0. The van der Waals surface area contributed by atoms with E-state index in [1.165, 1.54) is 6.07 Å². The number of hydrogen-bond donors (Lipinski definition) is 0. The Morgan fingerprint density at radius 2 is 2.15 bits per heavy atom. The number of aryl methyl sites for hydroxylation is 1. The fourth-order valence-electron chi connectivity index (χ4n) is 1.23. The van der Waals surface area contributed by atoms with E-state index in [9.17, 15) is 4.39 Å². The van der Waals surface area contributed by atoms with Crippen LogP contribution in [0.2, 0.25) is 0 Å². The first-order valence-corrected chi connectivity index (χ1v) is 4.69. The Kier molecular flexibility index (Phi) is 2.04. The van der Waals surface area contributed by atoms with Crippen LogP contribution in [0.1, 0.15) is 5.69 Å². The Hall–Kier alpha value is -0.960. The summed E-state index contributed by atoms with van der Waals surface area (Å²) < 4.78 is 14.1. The maximum atomic E-state index is 13.2. The summed E-state index contributed by atoms with van der Waals surface area (Å²) >= 11 is 3.36. The van der Waals surface area contributed by atoms with Crippen molar-refractivity contribution in [2.75, 3.05) is 0 Å². The summed E-state index contributed by atoms with van der Waals surface area (Å²) in [6, 6.07) is 6.82. The van der Waals surface area contributed by atoms with Crippen LogP contribution in [0.5, 0.6) is 0 Å². The van der Waals surface area contributed by atoms with Crippen molar-refractivity contribution >= 4 is 26.8 Å². The molecular weight excluding hydrogens is 233 g/mol. The summed E-state index contributed by atoms with van der Waals surface area (Å²) in [5, 5.41) is 0.817. The fraction of sp³-hybridized carbons (Fsp3) is 0.100. The molecule has 0 unspecified atom stereocenters. The number of rotatable bonds is 0. The average molecular weight is 240 g/mol. The molecule has 0 atom stereocenters. The van der Waals surface area contributed by atoms with E-state index in [1.807, 2.05) is 19.1 Å². The summed E-state index contributed by atoms with van der Waals surface area (Å²) in [6.45, 7) is 1.84. The lowest BCUT2D eigenvalue weighted by atomic mass is 10.2. The first-order valence-electron chi connectivity index (χ1n) is 3.90. The van der Waals surface area contributed by atoms with Gasteiger partial charge in [0.2, 0.25) is 0 Å². The van der Waals surface area contributed by atoms with E-state index >= 15 is 0 Å². The van der Waals surface area contributed by atoms with Crippen LogP contribution in [0.15, 0.2) is 28.7 Å². The molecule has 1 heterocycles. The van der Waals surface area contributed by atoms with Gasteiger partial charge in [0, 0.05) is 9.86 Å². The summed E-state index contributed by atoms with van der Waals surface area (Å²) in [5.41, 5.74) is 1.24. The normalized spacial score (nSPS) is 10.7. The van der Waals surface area contributed by atoms with Crippen LogP contribution < -0.4 is 0 Å². The molecule has 0 aliphatic carbocycles. The Morgan fingerprint density at radius 3 is 2.92 bits per heavy atom. The highest BCUT2D eigenvalue weighted by Crippen LogP contribution is 2.22. The third-order valence-electron chi connectivity index (χ3n) is 1.93. The van der Waals surface area contributed by atoms with Gasteiger partial charge in [-0.25, -0.2) is 9.37 Å². The molecule has 66 valence electrons. The van der Waals surface area contributed by atoms with Gasteiger partial charge in [-0.15, -0.1) is 0 Å². The van der Waals surface area contributed by atoms with Gasteiger partial charge >= 0.3 is 0 Å². The largest absolute Gasteiger partial charge is 0.249 e. The smallest absolute Gasteiger partial charge is 0.149 e. The molecule has 0 spiro atoms. The topological polar surface area (TPSA) is 12.9 Å². The molecule has 2 aromatic rings. The van der Waals surface area contributed by atoms with Gasteiger partial charge in [0.1, 0.15) is 11.3 Å². The molecule has 0 aliphatic rings. The number of nitrogens with zero attached hydrogens (tertiary/aromatic N) is 1. The van der Waals surface area contributed by atoms with Gasteiger partial charge in [-0.1, -0.05) is 12.1 Å². The first-order chi connectivity index (χ1) is 6.18. The molecule has 0 radical (unpaired) electrons. The minimum absolute atomic E-state index is 0.270. The number of fused-ring (bicyclic) bond motifs is 1. The van der Waals surface area contributed by atoms with E-state index in [4.69, 9.17) is 0 Å². The fourth-order valence-corrected chi connectivity index (χ4v) is 1.56. The minimum atomic E-state index is -0.270. The molecule has 1 nitrogen and oxygen atoms in total. The van der Waals surface area contributed by atoms with Crippen molar-refractivity contribution in [1.82, 2.24) is 4.98 Å². The highest BCUT2D eigenvalue weighted by Gasteiger charge is 2.03. The van der Waals surface area contributed by atoms with E-state index in [0.717, 1.165) is 15.6 Å².